The molecular weight excluding hydrogens is 350 g/mol. The molecule has 1 amide bonds. The monoisotopic (exact) mass is 375 g/mol. The molecule has 0 saturated carbocycles. The van der Waals surface area contributed by atoms with Crippen LogP contribution in [0.4, 0.5) is 11.4 Å². The van der Waals surface area contributed by atoms with Gasteiger partial charge in [0.1, 0.15) is 5.75 Å². The molecule has 28 heavy (non-hydrogen) atoms. The van der Waals surface area contributed by atoms with Crippen molar-refractivity contribution >= 4 is 17.3 Å². The number of amides is 1. The first-order chi connectivity index (χ1) is 13.6. The predicted molar refractivity (Wildman–Crippen MR) is 113 cm³/mol. The van der Waals surface area contributed by atoms with Gasteiger partial charge < -0.3 is 21.5 Å². The molecule has 5 heteroatoms. The van der Waals surface area contributed by atoms with E-state index in [4.69, 9.17) is 5.73 Å². The Morgan fingerprint density at radius 1 is 0.893 bits per heavy atom. The van der Waals surface area contributed by atoms with E-state index in [0.717, 1.165) is 23.4 Å². The lowest BCUT2D eigenvalue weighted by Crippen LogP contribution is -2.31. The van der Waals surface area contributed by atoms with E-state index < -0.39 is 0 Å². The predicted octanol–water partition coefficient (Wildman–Crippen LogP) is 3.83. The van der Waals surface area contributed by atoms with Gasteiger partial charge in [0.15, 0.2) is 0 Å². The summed E-state index contributed by atoms with van der Waals surface area (Å²) in [6.07, 6.45) is 1.39. The highest BCUT2D eigenvalue weighted by Crippen LogP contribution is 2.18. The number of para-hydroxylation sites is 2. The molecule has 0 aliphatic heterocycles. The van der Waals surface area contributed by atoms with Crippen molar-refractivity contribution in [3.8, 4) is 5.75 Å². The molecule has 5 nitrogen and oxygen atoms in total. The number of hydrogen-bond donors (Lipinski definition) is 4. The first kappa shape index (κ1) is 19.5. The van der Waals surface area contributed by atoms with Gasteiger partial charge in [-0.15, -0.1) is 0 Å². The van der Waals surface area contributed by atoms with Crippen LogP contribution in [-0.4, -0.2) is 23.6 Å². The summed E-state index contributed by atoms with van der Waals surface area (Å²) >= 11 is 0. The summed E-state index contributed by atoms with van der Waals surface area (Å²) < 4.78 is 0. The van der Waals surface area contributed by atoms with E-state index in [-0.39, 0.29) is 23.3 Å². The molecule has 0 heterocycles. The van der Waals surface area contributed by atoms with Crippen molar-refractivity contribution < 1.29 is 9.90 Å². The number of hydrogen-bond acceptors (Lipinski definition) is 4. The molecule has 0 spiro atoms. The van der Waals surface area contributed by atoms with Crippen molar-refractivity contribution in [1.29, 1.82) is 0 Å². The second-order valence-corrected chi connectivity index (χ2v) is 6.71. The van der Waals surface area contributed by atoms with Crippen LogP contribution in [0.1, 0.15) is 22.3 Å². The summed E-state index contributed by atoms with van der Waals surface area (Å²) in [7, 11) is 0. The topological polar surface area (TPSA) is 87.4 Å². The summed E-state index contributed by atoms with van der Waals surface area (Å²) in [6.45, 7) is 0.460. The fourth-order valence-corrected chi connectivity index (χ4v) is 2.95. The van der Waals surface area contributed by atoms with Gasteiger partial charge >= 0.3 is 0 Å². The molecule has 3 aromatic carbocycles. The number of nitrogens with two attached hydrogens (primary N) is 1. The second kappa shape index (κ2) is 9.58. The molecule has 3 aromatic rings. The third-order valence-corrected chi connectivity index (χ3v) is 4.46. The number of nitrogens with one attached hydrogen (secondary N) is 2. The first-order valence-corrected chi connectivity index (χ1v) is 9.34. The number of rotatable bonds is 8. The third kappa shape index (κ3) is 5.59. The lowest BCUT2D eigenvalue weighted by atomic mass is 10.0. The van der Waals surface area contributed by atoms with E-state index in [9.17, 15) is 9.90 Å². The SMILES string of the molecule is NC(CCNC(=O)c1ccccc1O)Cc1ccc(Nc2ccccc2)cc1. The van der Waals surface area contributed by atoms with E-state index in [1.54, 1.807) is 18.2 Å². The van der Waals surface area contributed by atoms with E-state index in [0.29, 0.717) is 13.0 Å². The third-order valence-electron chi connectivity index (χ3n) is 4.46. The van der Waals surface area contributed by atoms with Crippen LogP contribution in [-0.2, 0) is 6.42 Å². The Hall–Kier alpha value is -3.31. The van der Waals surface area contributed by atoms with E-state index >= 15 is 0 Å². The number of anilines is 2. The molecular formula is C23H25N3O2. The van der Waals surface area contributed by atoms with Crippen LogP contribution < -0.4 is 16.4 Å². The van der Waals surface area contributed by atoms with E-state index in [2.05, 4.69) is 22.8 Å². The van der Waals surface area contributed by atoms with Gasteiger partial charge in [0, 0.05) is 24.0 Å². The number of benzene rings is 3. The van der Waals surface area contributed by atoms with Crippen LogP contribution in [0.5, 0.6) is 5.75 Å². The maximum atomic E-state index is 12.1. The van der Waals surface area contributed by atoms with Gasteiger partial charge in [0.25, 0.3) is 5.91 Å². The quantitative estimate of drug-likeness (QED) is 0.482. The summed E-state index contributed by atoms with van der Waals surface area (Å²) in [4.78, 5) is 12.1. The molecule has 0 aliphatic rings. The Bertz CT molecular complexity index is 895. The van der Waals surface area contributed by atoms with Crippen LogP contribution in [0.15, 0.2) is 78.9 Å². The molecule has 0 saturated heterocycles. The second-order valence-electron chi connectivity index (χ2n) is 6.71. The Labute approximate surface area is 165 Å². The molecule has 144 valence electrons. The highest BCUT2D eigenvalue weighted by molar-refractivity contribution is 5.96. The lowest BCUT2D eigenvalue weighted by molar-refractivity contribution is 0.0950. The molecule has 1 unspecified atom stereocenters. The molecule has 1 atom stereocenters. The van der Waals surface area contributed by atoms with Gasteiger partial charge in [-0.3, -0.25) is 4.79 Å². The average molecular weight is 375 g/mol. The number of aromatic hydroxyl groups is 1. The van der Waals surface area contributed by atoms with Crippen LogP contribution in [0, 0.1) is 0 Å². The highest BCUT2D eigenvalue weighted by Gasteiger charge is 2.10. The minimum Gasteiger partial charge on any atom is -0.507 e. The zero-order chi connectivity index (χ0) is 19.8. The Morgan fingerprint density at radius 3 is 2.25 bits per heavy atom. The number of phenolic OH excluding ortho intramolecular Hbond substituents is 1. The average Bonchev–Trinajstić information content (AvgIpc) is 2.70. The highest BCUT2D eigenvalue weighted by atomic mass is 16.3. The van der Waals surface area contributed by atoms with Crippen molar-refractivity contribution in [3.63, 3.8) is 0 Å². The Kier molecular flexibility index (Phi) is 6.65. The van der Waals surface area contributed by atoms with E-state index in [1.807, 2.05) is 42.5 Å². The maximum absolute atomic E-state index is 12.1. The number of carbonyl (C=O) groups excluding carboxylic acids is 1. The zero-order valence-electron chi connectivity index (χ0n) is 15.6. The van der Waals surface area contributed by atoms with Crippen LogP contribution in [0.25, 0.3) is 0 Å². The van der Waals surface area contributed by atoms with Crippen molar-refractivity contribution in [1.82, 2.24) is 5.32 Å². The molecule has 0 fully saturated rings. The fourth-order valence-electron chi connectivity index (χ4n) is 2.95. The normalized spacial score (nSPS) is 11.6. The standard InChI is InChI=1S/C23H25N3O2/c24-18(14-15-25-23(28)21-8-4-5-9-22(21)27)16-17-10-12-20(13-11-17)26-19-6-2-1-3-7-19/h1-13,18,26-27H,14-16,24H2,(H,25,28). The van der Waals surface area contributed by atoms with E-state index in [1.165, 1.54) is 6.07 Å². The minimum atomic E-state index is -0.290. The first-order valence-electron chi connectivity index (χ1n) is 9.34. The molecule has 5 N–H and O–H groups in total. The Balaban J connectivity index is 1.44. The summed E-state index contributed by atoms with van der Waals surface area (Å²) in [6, 6.07) is 24.6. The Morgan fingerprint density at radius 2 is 1.54 bits per heavy atom. The van der Waals surface area contributed by atoms with Crippen molar-refractivity contribution in [2.24, 2.45) is 5.73 Å². The van der Waals surface area contributed by atoms with Gasteiger partial charge in [0.05, 0.1) is 5.56 Å². The van der Waals surface area contributed by atoms with Crippen LogP contribution in [0.3, 0.4) is 0 Å². The molecule has 0 radical (unpaired) electrons. The molecule has 0 aromatic heterocycles. The van der Waals surface area contributed by atoms with Crippen molar-refractivity contribution in [2.75, 3.05) is 11.9 Å². The largest absolute Gasteiger partial charge is 0.507 e. The van der Waals surface area contributed by atoms with Crippen LogP contribution >= 0.6 is 0 Å². The summed E-state index contributed by atoms with van der Waals surface area (Å²) in [5, 5.41) is 15.9. The number of carbonyl (C=O) groups is 1. The maximum Gasteiger partial charge on any atom is 0.255 e. The van der Waals surface area contributed by atoms with Gasteiger partial charge in [-0.2, -0.15) is 0 Å². The van der Waals surface area contributed by atoms with Gasteiger partial charge in [-0.1, -0.05) is 42.5 Å². The number of phenols is 1. The van der Waals surface area contributed by atoms with Gasteiger partial charge in [0.2, 0.25) is 0 Å². The fraction of sp³-hybridized carbons (Fsp3) is 0.174. The molecule has 0 aliphatic carbocycles. The lowest BCUT2D eigenvalue weighted by Gasteiger charge is -2.13. The summed E-state index contributed by atoms with van der Waals surface area (Å²) in [5.74, 6) is -0.310. The molecule has 0 bridgehead atoms. The van der Waals surface area contributed by atoms with Crippen molar-refractivity contribution in [3.05, 3.63) is 90.0 Å². The zero-order valence-corrected chi connectivity index (χ0v) is 15.6. The smallest absolute Gasteiger partial charge is 0.255 e. The van der Waals surface area contributed by atoms with Crippen LogP contribution in [0.2, 0.25) is 0 Å². The minimum absolute atomic E-state index is 0.0199. The van der Waals surface area contributed by atoms with Gasteiger partial charge in [-0.25, -0.2) is 0 Å². The van der Waals surface area contributed by atoms with Crippen molar-refractivity contribution in [2.45, 2.75) is 18.9 Å². The molecule has 3 rings (SSSR count). The van der Waals surface area contributed by atoms with Gasteiger partial charge in [-0.05, 0) is 54.8 Å². The summed E-state index contributed by atoms with van der Waals surface area (Å²) in [5.41, 5.74) is 9.71.